The van der Waals surface area contributed by atoms with Crippen LogP contribution in [0.2, 0.25) is 0 Å². The number of hydrogen-bond donors (Lipinski definition) is 2. The Morgan fingerprint density at radius 3 is 2.73 bits per heavy atom. The van der Waals surface area contributed by atoms with Crippen LogP contribution < -0.4 is 10.6 Å². The molecule has 1 aliphatic heterocycles. The lowest BCUT2D eigenvalue weighted by Crippen LogP contribution is -2.32. The van der Waals surface area contributed by atoms with E-state index in [0.29, 0.717) is 17.1 Å². The Morgan fingerprint density at radius 2 is 1.97 bits per heavy atom. The van der Waals surface area contributed by atoms with Crippen LogP contribution in [0.3, 0.4) is 0 Å². The summed E-state index contributed by atoms with van der Waals surface area (Å²) in [5, 5.41) is 6.64. The van der Waals surface area contributed by atoms with Crippen molar-refractivity contribution in [1.82, 2.24) is 5.32 Å². The fourth-order valence-corrected chi connectivity index (χ4v) is 5.29. The molecule has 1 saturated heterocycles. The van der Waals surface area contributed by atoms with Gasteiger partial charge < -0.3 is 15.4 Å². The van der Waals surface area contributed by atoms with Gasteiger partial charge in [-0.2, -0.15) is 0 Å². The Morgan fingerprint density at radius 1 is 1.17 bits per heavy atom. The summed E-state index contributed by atoms with van der Waals surface area (Å²) < 4.78 is 5.62. The number of thiophene rings is 1. The monoisotopic (exact) mass is 424 g/mol. The van der Waals surface area contributed by atoms with Crippen LogP contribution in [0.4, 0.5) is 5.00 Å². The molecule has 6 heteroatoms. The van der Waals surface area contributed by atoms with Crippen LogP contribution in [-0.4, -0.2) is 31.1 Å². The Bertz CT molecular complexity index is 940. The van der Waals surface area contributed by atoms with E-state index in [1.54, 1.807) is 17.4 Å². The van der Waals surface area contributed by atoms with Crippen molar-refractivity contribution >= 4 is 34.2 Å². The van der Waals surface area contributed by atoms with E-state index in [-0.39, 0.29) is 17.9 Å². The Labute approximate surface area is 181 Å². The molecule has 0 radical (unpaired) electrons. The summed E-state index contributed by atoms with van der Waals surface area (Å²) in [5.74, 6) is -0.329. The van der Waals surface area contributed by atoms with Crippen LogP contribution in [0.25, 0.3) is 6.08 Å². The summed E-state index contributed by atoms with van der Waals surface area (Å²) in [6.07, 6.45) is 9.51. The van der Waals surface area contributed by atoms with Gasteiger partial charge in [0.1, 0.15) is 5.00 Å². The zero-order valence-electron chi connectivity index (χ0n) is 17.3. The first-order valence-electron chi connectivity index (χ1n) is 10.7. The predicted octanol–water partition coefficient (Wildman–Crippen LogP) is 4.50. The number of ether oxygens (including phenoxy) is 1. The van der Waals surface area contributed by atoms with Crippen LogP contribution in [-0.2, 0) is 22.4 Å². The van der Waals surface area contributed by atoms with Crippen molar-refractivity contribution in [2.45, 2.75) is 51.6 Å². The van der Waals surface area contributed by atoms with Crippen molar-refractivity contribution in [3.8, 4) is 0 Å². The van der Waals surface area contributed by atoms with E-state index in [1.165, 1.54) is 16.5 Å². The molecule has 0 saturated carbocycles. The predicted molar refractivity (Wildman–Crippen MR) is 121 cm³/mol. The second-order valence-electron chi connectivity index (χ2n) is 7.99. The number of anilines is 1. The number of nitrogens with one attached hydrogen (secondary N) is 2. The third-order valence-corrected chi connectivity index (χ3v) is 6.86. The van der Waals surface area contributed by atoms with E-state index < -0.39 is 0 Å². The molecular formula is C24H28N2O3S. The van der Waals surface area contributed by atoms with Gasteiger partial charge in [-0.1, -0.05) is 29.8 Å². The van der Waals surface area contributed by atoms with Crippen LogP contribution >= 0.6 is 11.3 Å². The zero-order valence-corrected chi connectivity index (χ0v) is 18.1. The highest BCUT2D eigenvalue weighted by molar-refractivity contribution is 7.17. The number of hydrogen-bond acceptors (Lipinski definition) is 4. The first-order chi connectivity index (χ1) is 14.6. The first-order valence-corrected chi connectivity index (χ1v) is 11.5. The van der Waals surface area contributed by atoms with E-state index in [0.717, 1.165) is 56.3 Å². The molecule has 1 aromatic carbocycles. The van der Waals surface area contributed by atoms with Gasteiger partial charge >= 0.3 is 0 Å². The lowest BCUT2D eigenvalue weighted by molar-refractivity contribution is -0.111. The molecule has 5 nitrogen and oxygen atoms in total. The summed E-state index contributed by atoms with van der Waals surface area (Å²) in [4.78, 5) is 26.8. The van der Waals surface area contributed by atoms with Crippen molar-refractivity contribution in [2.24, 2.45) is 0 Å². The molecular weight excluding hydrogens is 396 g/mol. The molecule has 4 rings (SSSR count). The molecule has 1 aromatic heterocycles. The maximum absolute atomic E-state index is 13.0. The molecule has 1 fully saturated rings. The quantitative estimate of drug-likeness (QED) is 0.671. The number of benzene rings is 1. The smallest absolute Gasteiger partial charge is 0.254 e. The number of rotatable bonds is 6. The van der Waals surface area contributed by atoms with Crippen molar-refractivity contribution < 1.29 is 14.3 Å². The second-order valence-corrected chi connectivity index (χ2v) is 9.10. The fraction of sp³-hybridized carbons (Fsp3) is 0.417. The Balaban J connectivity index is 1.48. The molecule has 2 heterocycles. The van der Waals surface area contributed by atoms with Gasteiger partial charge in [-0.25, -0.2) is 0 Å². The third-order valence-electron chi connectivity index (χ3n) is 5.65. The molecule has 158 valence electrons. The average molecular weight is 425 g/mol. The fourth-order valence-electron chi connectivity index (χ4n) is 4.00. The van der Waals surface area contributed by atoms with Crippen LogP contribution in [0.15, 0.2) is 30.3 Å². The number of fused-ring (bicyclic) bond motifs is 1. The number of carbonyl (C=O) groups excluding carboxylic acids is 2. The highest BCUT2D eigenvalue weighted by atomic mass is 32.1. The molecule has 0 bridgehead atoms. The molecule has 2 aliphatic rings. The van der Waals surface area contributed by atoms with Gasteiger partial charge in [0.15, 0.2) is 0 Å². The number of carbonyl (C=O) groups is 2. The maximum atomic E-state index is 13.0. The van der Waals surface area contributed by atoms with Crippen molar-refractivity contribution in [2.75, 3.05) is 18.5 Å². The standard InChI is InChI=1S/C24H28N2O3S/c1-16-8-10-17(11-9-16)12-13-21(27)26-24-22(19-6-2-3-7-20(19)30-24)23(28)25-15-18-5-4-14-29-18/h8-13,18H,2-7,14-15H2,1H3,(H,25,28)(H,26,27)/b13-12+. The van der Waals surface area contributed by atoms with Gasteiger partial charge in [-0.05, 0) is 62.7 Å². The van der Waals surface area contributed by atoms with Gasteiger partial charge in [-0.15, -0.1) is 11.3 Å². The molecule has 1 aliphatic carbocycles. The number of amides is 2. The third kappa shape index (κ3) is 4.99. The molecule has 2 aromatic rings. The van der Waals surface area contributed by atoms with Crippen molar-refractivity contribution in [3.05, 3.63) is 57.5 Å². The summed E-state index contributed by atoms with van der Waals surface area (Å²) in [5.41, 5.74) is 3.90. The highest BCUT2D eigenvalue weighted by Crippen LogP contribution is 2.38. The van der Waals surface area contributed by atoms with E-state index in [9.17, 15) is 9.59 Å². The molecule has 30 heavy (non-hydrogen) atoms. The lowest BCUT2D eigenvalue weighted by Gasteiger charge is -2.15. The van der Waals surface area contributed by atoms with Gasteiger partial charge in [0, 0.05) is 24.1 Å². The number of aryl methyl sites for hydroxylation is 2. The Hall–Kier alpha value is -2.44. The minimum atomic E-state index is -0.220. The molecule has 2 amide bonds. The maximum Gasteiger partial charge on any atom is 0.254 e. The molecule has 2 N–H and O–H groups in total. The second kappa shape index (κ2) is 9.58. The van der Waals surface area contributed by atoms with Gasteiger partial charge in [0.2, 0.25) is 5.91 Å². The lowest BCUT2D eigenvalue weighted by atomic mass is 9.95. The van der Waals surface area contributed by atoms with Gasteiger partial charge in [0.05, 0.1) is 11.7 Å². The summed E-state index contributed by atoms with van der Waals surface area (Å²) >= 11 is 1.54. The zero-order chi connectivity index (χ0) is 20.9. The average Bonchev–Trinajstić information content (AvgIpc) is 3.39. The minimum Gasteiger partial charge on any atom is -0.376 e. The molecule has 1 atom stereocenters. The van der Waals surface area contributed by atoms with Crippen LogP contribution in [0.5, 0.6) is 0 Å². The minimum absolute atomic E-state index is 0.0962. The first kappa shape index (κ1) is 20.8. The highest BCUT2D eigenvalue weighted by Gasteiger charge is 2.27. The summed E-state index contributed by atoms with van der Waals surface area (Å²) in [7, 11) is 0. The van der Waals surface area contributed by atoms with Crippen molar-refractivity contribution in [1.29, 1.82) is 0 Å². The summed E-state index contributed by atoms with van der Waals surface area (Å²) in [6, 6.07) is 7.99. The summed E-state index contributed by atoms with van der Waals surface area (Å²) in [6.45, 7) is 3.32. The van der Waals surface area contributed by atoms with E-state index in [2.05, 4.69) is 10.6 Å². The SMILES string of the molecule is Cc1ccc(/C=C/C(=O)Nc2sc3c(c2C(=O)NCC2CCCO2)CCCC3)cc1. The van der Waals surface area contributed by atoms with Crippen LogP contribution in [0.1, 0.15) is 57.6 Å². The van der Waals surface area contributed by atoms with Crippen molar-refractivity contribution in [3.63, 3.8) is 0 Å². The largest absolute Gasteiger partial charge is 0.376 e. The molecule has 1 unspecified atom stereocenters. The van der Waals surface area contributed by atoms with Gasteiger partial charge in [-0.3, -0.25) is 9.59 Å². The van der Waals surface area contributed by atoms with E-state index in [1.807, 2.05) is 31.2 Å². The normalized spacial score (nSPS) is 18.4. The van der Waals surface area contributed by atoms with Gasteiger partial charge in [0.25, 0.3) is 5.91 Å². The molecule has 0 spiro atoms. The van der Waals surface area contributed by atoms with E-state index in [4.69, 9.17) is 4.74 Å². The Kier molecular flexibility index (Phi) is 6.65. The topological polar surface area (TPSA) is 67.4 Å². The van der Waals surface area contributed by atoms with Crippen LogP contribution in [0, 0.1) is 6.92 Å². The van der Waals surface area contributed by atoms with E-state index >= 15 is 0 Å².